The second-order valence-corrected chi connectivity index (χ2v) is 2.88. The van der Waals surface area contributed by atoms with Gasteiger partial charge in [-0.25, -0.2) is 4.39 Å². The number of hydrogen-bond donors (Lipinski definition) is 0. The second kappa shape index (κ2) is 3.48. The van der Waals surface area contributed by atoms with Crippen molar-refractivity contribution in [2.45, 2.75) is 19.8 Å². The first-order chi connectivity index (χ1) is 5.66. The van der Waals surface area contributed by atoms with E-state index >= 15 is 0 Å². The summed E-state index contributed by atoms with van der Waals surface area (Å²) in [7, 11) is 0. The van der Waals surface area contributed by atoms with E-state index in [4.69, 9.17) is 0 Å². The molecule has 64 valence electrons. The average molecular weight is 166 g/mol. The molecule has 12 heavy (non-hydrogen) atoms. The monoisotopic (exact) mass is 166 g/mol. The molecule has 0 saturated heterocycles. The second-order valence-electron chi connectivity index (χ2n) is 2.88. The zero-order chi connectivity index (χ0) is 9.14. The topological polar surface area (TPSA) is 17.1 Å². The standard InChI is InChI=1S/C10H11FO/c1-7(6-12)9-4-3-5-10(11)8(9)2/h3-7H,1-2H3. The molecule has 0 aliphatic rings. The van der Waals surface area contributed by atoms with Crippen LogP contribution in [0.2, 0.25) is 0 Å². The summed E-state index contributed by atoms with van der Waals surface area (Å²) in [5.41, 5.74) is 1.34. The van der Waals surface area contributed by atoms with Gasteiger partial charge in [0.1, 0.15) is 12.1 Å². The van der Waals surface area contributed by atoms with Gasteiger partial charge in [-0.3, -0.25) is 0 Å². The number of benzene rings is 1. The number of hydrogen-bond acceptors (Lipinski definition) is 1. The molecule has 1 unspecified atom stereocenters. The molecule has 0 spiro atoms. The van der Waals surface area contributed by atoms with E-state index in [2.05, 4.69) is 0 Å². The molecule has 0 saturated carbocycles. The van der Waals surface area contributed by atoms with Gasteiger partial charge in [-0.2, -0.15) is 0 Å². The molecule has 1 nitrogen and oxygen atoms in total. The van der Waals surface area contributed by atoms with Crippen molar-refractivity contribution < 1.29 is 9.18 Å². The number of halogens is 1. The Labute approximate surface area is 71.2 Å². The molecule has 0 fully saturated rings. The first-order valence-electron chi connectivity index (χ1n) is 3.87. The predicted molar refractivity (Wildman–Crippen MR) is 45.6 cm³/mol. The molecule has 0 aliphatic carbocycles. The van der Waals surface area contributed by atoms with Crippen LogP contribution in [0.3, 0.4) is 0 Å². The molecule has 0 aliphatic heterocycles. The summed E-state index contributed by atoms with van der Waals surface area (Å²) in [5, 5.41) is 0. The van der Waals surface area contributed by atoms with Gasteiger partial charge in [0, 0.05) is 5.92 Å². The van der Waals surface area contributed by atoms with E-state index in [1.54, 1.807) is 26.0 Å². The van der Waals surface area contributed by atoms with Crippen LogP contribution in [-0.4, -0.2) is 6.29 Å². The summed E-state index contributed by atoms with van der Waals surface area (Å²) in [5.74, 6) is -0.470. The molecular weight excluding hydrogens is 155 g/mol. The zero-order valence-corrected chi connectivity index (χ0v) is 7.17. The van der Waals surface area contributed by atoms with E-state index in [1.807, 2.05) is 0 Å². The van der Waals surface area contributed by atoms with Crippen molar-refractivity contribution in [3.63, 3.8) is 0 Å². The van der Waals surface area contributed by atoms with E-state index < -0.39 is 0 Å². The zero-order valence-electron chi connectivity index (χ0n) is 7.17. The van der Waals surface area contributed by atoms with Crippen LogP contribution in [-0.2, 0) is 4.79 Å². The molecule has 0 amide bonds. The number of carbonyl (C=O) groups excluding carboxylic acids is 1. The summed E-state index contributed by atoms with van der Waals surface area (Å²) < 4.78 is 13.0. The molecule has 0 heterocycles. The third-order valence-corrected chi connectivity index (χ3v) is 2.00. The number of aldehydes is 1. The maximum absolute atomic E-state index is 13.0. The Morgan fingerprint density at radius 3 is 2.75 bits per heavy atom. The van der Waals surface area contributed by atoms with Crippen molar-refractivity contribution in [1.29, 1.82) is 0 Å². The minimum Gasteiger partial charge on any atom is -0.303 e. The van der Waals surface area contributed by atoms with Crippen LogP contribution >= 0.6 is 0 Å². The Morgan fingerprint density at radius 1 is 1.50 bits per heavy atom. The molecule has 1 aromatic rings. The Hall–Kier alpha value is -1.18. The van der Waals surface area contributed by atoms with Crippen LogP contribution < -0.4 is 0 Å². The van der Waals surface area contributed by atoms with Crippen molar-refractivity contribution >= 4 is 6.29 Å². The molecule has 1 rings (SSSR count). The average Bonchev–Trinajstić information content (AvgIpc) is 2.08. The van der Waals surface area contributed by atoms with Crippen molar-refractivity contribution in [2.24, 2.45) is 0 Å². The molecule has 1 aromatic carbocycles. The first-order valence-corrected chi connectivity index (χ1v) is 3.87. The van der Waals surface area contributed by atoms with E-state index in [0.717, 1.165) is 11.8 Å². The van der Waals surface area contributed by atoms with Crippen LogP contribution in [0.5, 0.6) is 0 Å². The van der Waals surface area contributed by atoms with Crippen molar-refractivity contribution in [3.05, 3.63) is 35.1 Å². The Kier molecular flexibility index (Phi) is 2.58. The molecule has 2 heteroatoms. The van der Waals surface area contributed by atoms with Gasteiger partial charge in [0.2, 0.25) is 0 Å². The summed E-state index contributed by atoms with van der Waals surface area (Å²) in [6, 6.07) is 4.80. The van der Waals surface area contributed by atoms with Gasteiger partial charge in [-0.1, -0.05) is 19.1 Å². The van der Waals surface area contributed by atoms with Crippen molar-refractivity contribution in [2.75, 3.05) is 0 Å². The lowest BCUT2D eigenvalue weighted by Gasteiger charge is -2.07. The lowest BCUT2D eigenvalue weighted by molar-refractivity contribution is -0.108. The third kappa shape index (κ3) is 1.52. The Balaban J connectivity index is 3.15. The van der Waals surface area contributed by atoms with Gasteiger partial charge in [-0.15, -0.1) is 0 Å². The molecule has 0 radical (unpaired) electrons. The highest BCUT2D eigenvalue weighted by Gasteiger charge is 2.08. The fourth-order valence-corrected chi connectivity index (χ4v) is 1.19. The SMILES string of the molecule is Cc1c(F)cccc1C(C)C=O. The smallest absolute Gasteiger partial charge is 0.127 e. The fraction of sp³-hybridized carbons (Fsp3) is 0.300. The summed E-state index contributed by atoms with van der Waals surface area (Å²) in [6.45, 7) is 3.44. The quantitative estimate of drug-likeness (QED) is 0.617. The minimum absolute atomic E-state index is 0.222. The van der Waals surface area contributed by atoms with Gasteiger partial charge in [0.15, 0.2) is 0 Å². The number of rotatable bonds is 2. The molecule has 0 aromatic heterocycles. The maximum atomic E-state index is 13.0. The lowest BCUT2D eigenvalue weighted by Crippen LogP contribution is -1.99. The lowest BCUT2D eigenvalue weighted by atomic mass is 9.97. The molecule has 0 N–H and O–H groups in total. The van der Waals surface area contributed by atoms with Crippen LogP contribution in [0.1, 0.15) is 24.0 Å². The molecule has 1 atom stereocenters. The largest absolute Gasteiger partial charge is 0.303 e. The van der Waals surface area contributed by atoms with E-state index in [9.17, 15) is 9.18 Å². The summed E-state index contributed by atoms with van der Waals surface area (Å²) >= 11 is 0. The van der Waals surface area contributed by atoms with Crippen LogP contribution in [0.25, 0.3) is 0 Å². The Morgan fingerprint density at radius 2 is 2.17 bits per heavy atom. The normalized spacial score (nSPS) is 12.6. The van der Waals surface area contributed by atoms with Crippen LogP contribution in [0.15, 0.2) is 18.2 Å². The van der Waals surface area contributed by atoms with E-state index in [1.165, 1.54) is 6.07 Å². The summed E-state index contributed by atoms with van der Waals surface area (Å²) in [6.07, 6.45) is 0.821. The Bertz CT molecular complexity index is 294. The van der Waals surface area contributed by atoms with Gasteiger partial charge >= 0.3 is 0 Å². The maximum Gasteiger partial charge on any atom is 0.127 e. The van der Waals surface area contributed by atoms with Crippen LogP contribution in [0.4, 0.5) is 4.39 Å². The van der Waals surface area contributed by atoms with Gasteiger partial charge in [0.25, 0.3) is 0 Å². The van der Waals surface area contributed by atoms with Crippen molar-refractivity contribution in [1.82, 2.24) is 0 Å². The van der Waals surface area contributed by atoms with Crippen LogP contribution in [0, 0.1) is 12.7 Å². The highest BCUT2D eigenvalue weighted by molar-refractivity contribution is 5.62. The van der Waals surface area contributed by atoms with Gasteiger partial charge < -0.3 is 4.79 Å². The fourth-order valence-electron chi connectivity index (χ4n) is 1.19. The predicted octanol–water partition coefficient (Wildman–Crippen LogP) is 2.44. The number of carbonyl (C=O) groups is 1. The van der Waals surface area contributed by atoms with Crippen molar-refractivity contribution in [3.8, 4) is 0 Å². The highest BCUT2D eigenvalue weighted by Crippen LogP contribution is 2.19. The third-order valence-electron chi connectivity index (χ3n) is 2.00. The van der Waals surface area contributed by atoms with E-state index in [0.29, 0.717) is 5.56 Å². The van der Waals surface area contributed by atoms with E-state index in [-0.39, 0.29) is 11.7 Å². The van der Waals surface area contributed by atoms with Gasteiger partial charge in [0.05, 0.1) is 0 Å². The van der Waals surface area contributed by atoms with Gasteiger partial charge in [-0.05, 0) is 24.1 Å². The first kappa shape index (κ1) is 8.91. The highest BCUT2D eigenvalue weighted by atomic mass is 19.1. The molecule has 0 bridgehead atoms. The minimum atomic E-state index is -0.249. The molecular formula is C10H11FO. The summed E-state index contributed by atoms with van der Waals surface area (Å²) in [4.78, 5) is 10.4.